The number of rotatable bonds is 5. The Balaban J connectivity index is 1.68. The lowest BCUT2D eigenvalue weighted by molar-refractivity contribution is -0.154. The Morgan fingerprint density at radius 3 is 2.83 bits per heavy atom. The monoisotopic (exact) mass is 328 g/mol. The highest BCUT2D eigenvalue weighted by molar-refractivity contribution is 5.84. The lowest BCUT2D eigenvalue weighted by Gasteiger charge is -2.16. The van der Waals surface area contributed by atoms with Crippen LogP contribution in [0.25, 0.3) is 0 Å². The smallest absolute Gasteiger partial charge is 0.303 e. The van der Waals surface area contributed by atoms with Crippen molar-refractivity contribution in [1.29, 1.82) is 0 Å². The molecule has 24 heavy (non-hydrogen) atoms. The van der Waals surface area contributed by atoms with Gasteiger partial charge in [-0.2, -0.15) is 0 Å². The van der Waals surface area contributed by atoms with Crippen LogP contribution < -0.4 is 14.8 Å². The zero-order valence-electron chi connectivity index (χ0n) is 13.0. The second-order valence-electron chi connectivity index (χ2n) is 5.15. The molecule has 7 nitrogen and oxygen atoms in total. The number of nitrogens with one attached hydrogen (secondary N) is 1. The van der Waals surface area contributed by atoms with Gasteiger partial charge in [0.1, 0.15) is 0 Å². The maximum atomic E-state index is 12.4. The molecule has 0 fully saturated rings. The van der Waals surface area contributed by atoms with Gasteiger partial charge in [0.15, 0.2) is 11.5 Å². The molecule has 1 N–H and O–H groups in total. The molecule has 0 saturated heterocycles. The van der Waals surface area contributed by atoms with E-state index in [9.17, 15) is 9.59 Å². The van der Waals surface area contributed by atoms with Crippen LogP contribution in [0.3, 0.4) is 0 Å². The van der Waals surface area contributed by atoms with Crippen molar-refractivity contribution in [2.24, 2.45) is 0 Å². The lowest BCUT2D eigenvalue weighted by atomic mass is 10.1. The van der Waals surface area contributed by atoms with Crippen LogP contribution in [-0.4, -0.2) is 23.7 Å². The Kier molecular flexibility index (Phi) is 4.60. The third-order valence-electron chi connectivity index (χ3n) is 3.38. The maximum Gasteiger partial charge on any atom is 0.303 e. The zero-order chi connectivity index (χ0) is 16.9. The number of hydrogen-bond acceptors (Lipinski definition) is 6. The second kappa shape index (κ2) is 6.99. The molecule has 2 heterocycles. The molecule has 0 aliphatic carbocycles. The summed E-state index contributed by atoms with van der Waals surface area (Å²) in [6.45, 7) is 1.71. The van der Waals surface area contributed by atoms with Crippen molar-refractivity contribution in [2.45, 2.75) is 19.6 Å². The fourth-order valence-electron chi connectivity index (χ4n) is 2.28. The van der Waals surface area contributed by atoms with Crippen LogP contribution in [0, 0.1) is 0 Å². The van der Waals surface area contributed by atoms with E-state index in [1.807, 2.05) is 6.07 Å². The average Bonchev–Trinajstić information content (AvgIpc) is 3.06. The van der Waals surface area contributed by atoms with Crippen LogP contribution >= 0.6 is 0 Å². The van der Waals surface area contributed by atoms with E-state index in [1.54, 1.807) is 30.3 Å². The largest absolute Gasteiger partial charge is 0.454 e. The van der Waals surface area contributed by atoms with Crippen molar-refractivity contribution in [1.82, 2.24) is 10.3 Å². The first kappa shape index (κ1) is 15.8. The minimum absolute atomic E-state index is 0.194. The molecule has 0 bridgehead atoms. The summed E-state index contributed by atoms with van der Waals surface area (Å²) in [7, 11) is 0. The molecule has 0 saturated carbocycles. The zero-order valence-corrected chi connectivity index (χ0v) is 13.0. The lowest BCUT2D eigenvalue weighted by Crippen LogP contribution is -2.31. The molecule has 1 amide bonds. The van der Waals surface area contributed by atoms with E-state index < -0.39 is 18.0 Å². The molecule has 1 aliphatic rings. The number of carbonyl (C=O) groups excluding carboxylic acids is 2. The van der Waals surface area contributed by atoms with Gasteiger partial charge >= 0.3 is 5.97 Å². The van der Waals surface area contributed by atoms with Crippen molar-refractivity contribution in [2.75, 3.05) is 6.79 Å². The first-order valence-electron chi connectivity index (χ1n) is 7.38. The van der Waals surface area contributed by atoms with E-state index in [2.05, 4.69) is 10.3 Å². The van der Waals surface area contributed by atoms with Crippen LogP contribution in [0.4, 0.5) is 0 Å². The number of esters is 1. The van der Waals surface area contributed by atoms with Gasteiger partial charge in [0, 0.05) is 19.7 Å². The Labute approximate surface area is 138 Å². The quantitative estimate of drug-likeness (QED) is 0.841. The SMILES string of the molecule is CC(=O)OC(C(=O)NCc1ccc2c(c1)OCO2)c1ccccn1. The Bertz CT molecular complexity index is 748. The number of nitrogens with zero attached hydrogens (tertiary/aromatic N) is 1. The predicted molar refractivity (Wildman–Crippen MR) is 83.2 cm³/mol. The number of aromatic nitrogens is 1. The van der Waals surface area contributed by atoms with Gasteiger partial charge < -0.3 is 19.5 Å². The molecule has 0 radical (unpaired) electrons. The van der Waals surface area contributed by atoms with Crippen molar-refractivity contribution < 1.29 is 23.8 Å². The van der Waals surface area contributed by atoms with Crippen LogP contribution in [0.5, 0.6) is 11.5 Å². The van der Waals surface area contributed by atoms with Crippen LogP contribution in [0.15, 0.2) is 42.6 Å². The fourth-order valence-corrected chi connectivity index (χ4v) is 2.28. The van der Waals surface area contributed by atoms with Gasteiger partial charge in [-0.15, -0.1) is 0 Å². The Morgan fingerprint density at radius 1 is 1.25 bits per heavy atom. The highest BCUT2D eigenvalue weighted by Crippen LogP contribution is 2.32. The van der Waals surface area contributed by atoms with E-state index >= 15 is 0 Å². The second-order valence-corrected chi connectivity index (χ2v) is 5.15. The number of benzene rings is 1. The van der Waals surface area contributed by atoms with E-state index in [0.717, 1.165) is 5.56 Å². The van der Waals surface area contributed by atoms with E-state index in [0.29, 0.717) is 17.2 Å². The number of amides is 1. The summed E-state index contributed by atoms with van der Waals surface area (Å²) in [5, 5.41) is 2.74. The molecule has 1 aromatic heterocycles. The molecule has 1 unspecified atom stereocenters. The van der Waals surface area contributed by atoms with Gasteiger partial charge in [0.25, 0.3) is 5.91 Å². The van der Waals surface area contributed by atoms with Gasteiger partial charge in [-0.05, 0) is 29.8 Å². The number of ether oxygens (including phenoxy) is 3. The predicted octanol–water partition coefficient (Wildman–Crippen LogP) is 1.73. The van der Waals surface area contributed by atoms with Gasteiger partial charge in [-0.25, -0.2) is 0 Å². The highest BCUT2D eigenvalue weighted by Gasteiger charge is 2.25. The van der Waals surface area contributed by atoms with Crippen LogP contribution in [0.1, 0.15) is 24.3 Å². The maximum absolute atomic E-state index is 12.4. The summed E-state index contributed by atoms with van der Waals surface area (Å²) in [5.41, 5.74) is 1.21. The number of pyridine rings is 1. The van der Waals surface area contributed by atoms with Crippen molar-refractivity contribution in [3.63, 3.8) is 0 Å². The number of fused-ring (bicyclic) bond motifs is 1. The molecule has 1 aliphatic heterocycles. The third kappa shape index (κ3) is 3.62. The van der Waals surface area contributed by atoms with E-state index in [1.165, 1.54) is 13.1 Å². The molecule has 1 aromatic carbocycles. The van der Waals surface area contributed by atoms with E-state index in [-0.39, 0.29) is 13.3 Å². The number of carbonyl (C=O) groups is 2. The van der Waals surface area contributed by atoms with Gasteiger partial charge in [-0.3, -0.25) is 14.6 Å². The summed E-state index contributed by atoms with van der Waals surface area (Å²) in [6.07, 6.45) is 0.453. The molecular weight excluding hydrogens is 312 g/mol. The summed E-state index contributed by atoms with van der Waals surface area (Å²) in [6, 6.07) is 10.5. The Morgan fingerprint density at radius 2 is 2.08 bits per heavy atom. The van der Waals surface area contributed by atoms with Crippen LogP contribution in [0.2, 0.25) is 0 Å². The molecule has 3 rings (SSSR count). The summed E-state index contributed by atoms with van der Waals surface area (Å²) in [4.78, 5) is 27.8. The Hall–Kier alpha value is -3.09. The molecular formula is C17H16N2O5. The first-order chi connectivity index (χ1) is 11.6. The minimum atomic E-state index is -1.09. The first-order valence-corrected chi connectivity index (χ1v) is 7.38. The fraction of sp³-hybridized carbons (Fsp3) is 0.235. The summed E-state index contributed by atoms with van der Waals surface area (Å²) >= 11 is 0. The molecule has 1 atom stereocenters. The standard InChI is InChI=1S/C17H16N2O5/c1-11(20)24-16(13-4-2-3-7-18-13)17(21)19-9-12-5-6-14-15(8-12)23-10-22-14/h2-8,16H,9-10H2,1H3,(H,19,21). The normalized spacial score (nSPS) is 13.2. The average molecular weight is 328 g/mol. The van der Waals surface area contributed by atoms with Gasteiger partial charge in [-0.1, -0.05) is 12.1 Å². The van der Waals surface area contributed by atoms with Gasteiger partial charge in [0.2, 0.25) is 12.9 Å². The van der Waals surface area contributed by atoms with Crippen molar-refractivity contribution in [3.8, 4) is 11.5 Å². The number of hydrogen-bond donors (Lipinski definition) is 1. The highest BCUT2D eigenvalue weighted by atomic mass is 16.7. The summed E-state index contributed by atoms with van der Waals surface area (Å²) in [5.74, 6) is 0.324. The molecule has 124 valence electrons. The van der Waals surface area contributed by atoms with Gasteiger partial charge in [0.05, 0.1) is 5.69 Å². The third-order valence-corrected chi connectivity index (χ3v) is 3.38. The van der Waals surface area contributed by atoms with E-state index in [4.69, 9.17) is 14.2 Å². The molecule has 7 heteroatoms. The molecule has 2 aromatic rings. The van der Waals surface area contributed by atoms with Crippen molar-refractivity contribution in [3.05, 3.63) is 53.9 Å². The minimum Gasteiger partial charge on any atom is -0.454 e. The van der Waals surface area contributed by atoms with Crippen LogP contribution in [-0.2, 0) is 20.9 Å². The van der Waals surface area contributed by atoms with Crippen molar-refractivity contribution >= 4 is 11.9 Å². The summed E-state index contributed by atoms with van der Waals surface area (Å²) < 4.78 is 15.6. The topological polar surface area (TPSA) is 86.8 Å². The molecule has 0 spiro atoms.